The van der Waals surface area contributed by atoms with Gasteiger partial charge in [-0.2, -0.15) is 0 Å². The fraction of sp³-hybridized carbons (Fsp3) is 0.267. The average molecular weight is 256 g/mol. The van der Waals surface area contributed by atoms with E-state index >= 15 is 0 Å². The molecule has 1 heterocycles. The number of aromatic nitrogens is 2. The minimum atomic E-state index is -0.184. The zero-order valence-electron chi connectivity index (χ0n) is 11.3. The van der Waals surface area contributed by atoms with Gasteiger partial charge in [-0.3, -0.25) is 4.79 Å². The monoisotopic (exact) mass is 256 g/mol. The van der Waals surface area contributed by atoms with Gasteiger partial charge >= 0.3 is 0 Å². The standard InChI is InChI=1S/C15H16N2O2/c1-10(2)19-13-6-4-12(5-7-13)14(18)15-16-8-11(3)9-17-15/h4-10H,1-3H3. The highest BCUT2D eigenvalue weighted by Gasteiger charge is 2.11. The minimum absolute atomic E-state index is 0.113. The van der Waals surface area contributed by atoms with Crippen LogP contribution in [0.5, 0.6) is 5.75 Å². The molecule has 4 nitrogen and oxygen atoms in total. The lowest BCUT2D eigenvalue weighted by Crippen LogP contribution is -2.08. The van der Waals surface area contributed by atoms with Crippen LogP contribution in [-0.2, 0) is 0 Å². The minimum Gasteiger partial charge on any atom is -0.491 e. The Morgan fingerprint density at radius 3 is 2.21 bits per heavy atom. The van der Waals surface area contributed by atoms with E-state index in [-0.39, 0.29) is 17.7 Å². The first-order chi connectivity index (χ1) is 9.06. The lowest BCUT2D eigenvalue weighted by molar-refractivity contribution is 0.102. The van der Waals surface area contributed by atoms with Crippen LogP contribution in [0.2, 0.25) is 0 Å². The second-order valence-electron chi connectivity index (χ2n) is 4.60. The van der Waals surface area contributed by atoms with Gasteiger partial charge in [-0.05, 0) is 50.6 Å². The lowest BCUT2D eigenvalue weighted by atomic mass is 10.1. The highest BCUT2D eigenvalue weighted by molar-refractivity contribution is 6.06. The van der Waals surface area contributed by atoms with E-state index in [1.165, 1.54) is 0 Å². The molecule has 0 aliphatic heterocycles. The van der Waals surface area contributed by atoms with Crippen LogP contribution in [0.15, 0.2) is 36.7 Å². The van der Waals surface area contributed by atoms with Crippen LogP contribution in [0, 0.1) is 6.92 Å². The summed E-state index contributed by atoms with van der Waals surface area (Å²) < 4.78 is 5.53. The Morgan fingerprint density at radius 2 is 1.68 bits per heavy atom. The third-order valence-electron chi connectivity index (χ3n) is 2.47. The van der Waals surface area contributed by atoms with Crippen LogP contribution in [0.1, 0.15) is 35.6 Å². The van der Waals surface area contributed by atoms with Gasteiger partial charge in [0.05, 0.1) is 6.10 Å². The Hall–Kier alpha value is -2.23. The fourth-order valence-corrected chi connectivity index (χ4v) is 1.60. The van der Waals surface area contributed by atoms with Gasteiger partial charge in [-0.25, -0.2) is 9.97 Å². The number of aryl methyl sites for hydroxylation is 1. The van der Waals surface area contributed by atoms with Gasteiger partial charge in [-0.15, -0.1) is 0 Å². The Labute approximate surface area is 112 Å². The Balaban J connectivity index is 2.17. The van der Waals surface area contributed by atoms with Gasteiger partial charge in [0, 0.05) is 18.0 Å². The number of nitrogens with zero attached hydrogens (tertiary/aromatic N) is 2. The quantitative estimate of drug-likeness (QED) is 0.789. The zero-order valence-corrected chi connectivity index (χ0v) is 11.3. The van der Waals surface area contributed by atoms with Crippen molar-refractivity contribution in [1.82, 2.24) is 9.97 Å². The van der Waals surface area contributed by atoms with Crippen LogP contribution in [0.25, 0.3) is 0 Å². The molecule has 98 valence electrons. The van der Waals surface area contributed by atoms with Crippen LogP contribution in [0.4, 0.5) is 0 Å². The van der Waals surface area contributed by atoms with Crippen molar-refractivity contribution in [3.8, 4) is 5.75 Å². The maximum atomic E-state index is 12.1. The molecule has 0 fully saturated rings. The maximum Gasteiger partial charge on any atom is 0.230 e. The molecule has 0 bridgehead atoms. The molecule has 0 saturated carbocycles. The molecule has 2 rings (SSSR count). The topological polar surface area (TPSA) is 52.1 Å². The molecule has 19 heavy (non-hydrogen) atoms. The molecule has 1 aromatic heterocycles. The lowest BCUT2D eigenvalue weighted by Gasteiger charge is -2.09. The van der Waals surface area contributed by atoms with Crippen molar-refractivity contribution in [3.05, 3.63) is 53.6 Å². The first kappa shape index (κ1) is 13.2. The summed E-state index contributed by atoms with van der Waals surface area (Å²) in [6.45, 7) is 5.80. The van der Waals surface area contributed by atoms with Crippen molar-refractivity contribution in [2.45, 2.75) is 26.9 Å². The van der Waals surface area contributed by atoms with Crippen molar-refractivity contribution >= 4 is 5.78 Å². The summed E-state index contributed by atoms with van der Waals surface area (Å²) >= 11 is 0. The Kier molecular flexibility index (Phi) is 3.90. The molecule has 0 radical (unpaired) electrons. The largest absolute Gasteiger partial charge is 0.491 e. The average Bonchev–Trinajstić information content (AvgIpc) is 2.39. The molecular weight excluding hydrogens is 240 g/mol. The highest BCUT2D eigenvalue weighted by Crippen LogP contribution is 2.15. The summed E-state index contributed by atoms with van der Waals surface area (Å²) in [5.41, 5.74) is 1.48. The van der Waals surface area contributed by atoms with E-state index in [4.69, 9.17) is 4.74 Å². The van der Waals surface area contributed by atoms with Gasteiger partial charge in [0.1, 0.15) is 5.75 Å². The van der Waals surface area contributed by atoms with Crippen LogP contribution in [0.3, 0.4) is 0 Å². The van der Waals surface area contributed by atoms with E-state index in [2.05, 4.69) is 9.97 Å². The first-order valence-corrected chi connectivity index (χ1v) is 6.16. The fourth-order valence-electron chi connectivity index (χ4n) is 1.60. The van der Waals surface area contributed by atoms with Crippen molar-refractivity contribution in [1.29, 1.82) is 0 Å². The third kappa shape index (κ3) is 3.37. The van der Waals surface area contributed by atoms with Gasteiger partial charge in [0.25, 0.3) is 0 Å². The van der Waals surface area contributed by atoms with Crippen LogP contribution >= 0.6 is 0 Å². The predicted octanol–water partition coefficient (Wildman–Crippen LogP) is 2.80. The van der Waals surface area contributed by atoms with E-state index < -0.39 is 0 Å². The number of hydrogen-bond acceptors (Lipinski definition) is 4. The molecule has 4 heteroatoms. The number of ether oxygens (including phenoxy) is 1. The molecule has 0 spiro atoms. The smallest absolute Gasteiger partial charge is 0.230 e. The number of carbonyl (C=O) groups excluding carboxylic acids is 1. The van der Waals surface area contributed by atoms with Crippen molar-refractivity contribution in [2.75, 3.05) is 0 Å². The van der Waals surface area contributed by atoms with E-state index in [9.17, 15) is 4.79 Å². The van der Waals surface area contributed by atoms with Crippen LogP contribution in [-0.4, -0.2) is 21.9 Å². The molecule has 0 amide bonds. The van der Waals surface area contributed by atoms with E-state index in [1.807, 2.05) is 20.8 Å². The van der Waals surface area contributed by atoms with Gasteiger partial charge in [-0.1, -0.05) is 0 Å². The van der Waals surface area contributed by atoms with E-state index in [0.717, 1.165) is 11.3 Å². The third-order valence-corrected chi connectivity index (χ3v) is 2.47. The van der Waals surface area contributed by atoms with Crippen LogP contribution < -0.4 is 4.74 Å². The summed E-state index contributed by atoms with van der Waals surface area (Å²) in [5.74, 6) is 0.774. The van der Waals surface area contributed by atoms with Gasteiger partial charge in [0.15, 0.2) is 0 Å². The number of carbonyl (C=O) groups is 1. The van der Waals surface area contributed by atoms with Crippen molar-refractivity contribution < 1.29 is 9.53 Å². The number of hydrogen-bond donors (Lipinski definition) is 0. The van der Waals surface area contributed by atoms with E-state index in [1.54, 1.807) is 36.7 Å². The summed E-state index contributed by atoms with van der Waals surface area (Å²) in [6.07, 6.45) is 3.38. The molecule has 1 aromatic carbocycles. The number of ketones is 1. The molecule has 0 aliphatic carbocycles. The molecule has 0 atom stereocenters. The molecular formula is C15H16N2O2. The second kappa shape index (κ2) is 5.61. The predicted molar refractivity (Wildman–Crippen MR) is 72.4 cm³/mol. The highest BCUT2D eigenvalue weighted by atomic mass is 16.5. The molecule has 0 N–H and O–H groups in total. The Morgan fingerprint density at radius 1 is 1.11 bits per heavy atom. The Bertz CT molecular complexity index is 560. The zero-order chi connectivity index (χ0) is 13.8. The van der Waals surface area contributed by atoms with Gasteiger partial charge in [0.2, 0.25) is 11.6 Å². The normalized spacial score (nSPS) is 10.5. The van der Waals surface area contributed by atoms with Gasteiger partial charge < -0.3 is 4.74 Å². The van der Waals surface area contributed by atoms with E-state index in [0.29, 0.717) is 5.56 Å². The van der Waals surface area contributed by atoms with Crippen molar-refractivity contribution in [3.63, 3.8) is 0 Å². The summed E-state index contributed by atoms with van der Waals surface area (Å²) in [6, 6.07) is 7.01. The molecule has 0 unspecified atom stereocenters. The molecule has 0 aliphatic rings. The second-order valence-corrected chi connectivity index (χ2v) is 4.60. The van der Waals surface area contributed by atoms with Crippen molar-refractivity contribution in [2.24, 2.45) is 0 Å². The first-order valence-electron chi connectivity index (χ1n) is 6.16. The number of benzene rings is 1. The number of rotatable bonds is 4. The summed E-state index contributed by atoms with van der Waals surface area (Å²) in [4.78, 5) is 20.2. The summed E-state index contributed by atoms with van der Waals surface area (Å²) in [5, 5.41) is 0. The SMILES string of the molecule is Cc1cnc(C(=O)c2ccc(OC(C)C)cc2)nc1. The summed E-state index contributed by atoms with van der Waals surface area (Å²) in [7, 11) is 0. The molecule has 2 aromatic rings. The maximum absolute atomic E-state index is 12.1. The molecule has 0 saturated heterocycles.